The van der Waals surface area contributed by atoms with Crippen LogP contribution in [0.5, 0.6) is 11.5 Å². The number of thiophene rings is 1. The molecule has 0 saturated carbocycles. The third-order valence-electron chi connectivity index (χ3n) is 5.04. The summed E-state index contributed by atoms with van der Waals surface area (Å²) in [5.74, 6) is -0.131. The molecule has 1 aliphatic rings. The average molecular weight is 498 g/mol. The number of benzene rings is 2. The number of aromatic nitrogens is 2. The molecule has 34 heavy (non-hydrogen) atoms. The van der Waals surface area contributed by atoms with E-state index < -0.39 is 17.4 Å². The molecule has 5 rings (SSSR count). The lowest BCUT2D eigenvalue weighted by Crippen LogP contribution is -2.25. The first-order valence-electron chi connectivity index (χ1n) is 10.1. The monoisotopic (exact) mass is 497 g/mol. The molecule has 0 spiro atoms. The van der Waals surface area contributed by atoms with Gasteiger partial charge in [-0.15, -0.1) is 11.3 Å². The van der Waals surface area contributed by atoms with Crippen molar-refractivity contribution in [3.63, 3.8) is 0 Å². The third-order valence-corrected chi connectivity index (χ3v) is 6.17. The minimum atomic E-state index is -0.685. The fourth-order valence-electron chi connectivity index (χ4n) is 3.49. The van der Waals surface area contributed by atoms with Crippen LogP contribution in [0.1, 0.15) is 27.8 Å². The number of nitrogens with zero attached hydrogens (tertiary/aromatic N) is 2. The molecule has 0 unspecified atom stereocenters. The average Bonchev–Trinajstić information content (AvgIpc) is 3.46. The van der Waals surface area contributed by atoms with Crippen molar-refractivity contribution in [3.05, 3.63) is 74.5 Å². The first kappa shape index (κ1) is 21.9. The van der Waals surface area contributed by atoms with E-state index in [4.69, 9.17) is 25.8 Å². The van der Waals surface area contributed by atoms with Gasteiger partial charge in [-0.05, 0) is 43.3 Å². The number of carbonyl (C=O) groups excluding carboxylic acids is 2. The van der Waals surface area contributed by atoms with Crippen molar-refractivity contribution < 1.29 is 23.8 Å². The summed E-state index contributed by atoms with van der Waals surface area (Å²) in [5, 5.41) is 9.70. The molecule has 2 aromatic heterocycles. The molecule has 0 bridgehead atoms. The summed E-state index contributed by atoms with van der Waals surface area (Å²) in [4.78, 5) is 39.1. The molecule has 3 heterocycles. The Hall–Kier alpha value is -3.89. The smallest absolute Gasteiger partial charge is 0.359 e. The molecular weight excluding hydrogens is 482 g/mol. The van der Waals surface area contributed by atoms with Gasteiger partial charge in [0.25, 0.3) is 11.5 Å². The van der Waals surface area contributed by atoms with Gasteiger partial charge in [0.15, 0.2) is 17.2 Å². The van der Waals surface area contributed by atoms with Crippen LogP contribution in [0.2, 0.25) is 5.02 Å². The summed E-state index contributed by atoms with van der Waals surface area (Å²) in [6.07, 6.45) is 0. The number of hydrogen-bond donors (Lipinski definition) is 1. The van der Waals surface area contributed by atoms with E-state index in [-0.39, 0.29) is 34.9 Å². The Bertz CT molecular complexity index is 1510. The van der Waals surface area contributed by atoms with Crippen molar-refractivity contribution in [2.75, 3.05) is 18.7 Å². The van der Waals surface area contributed by atoms with Gasteiger partial charge in [-0.25, -0.2) is 4.79 Å². The molecule has 1 aliphatic heterocycles. The van der Waals surface area contributed by atoms with Gasteiger partial charge in [0, 0.05) is 21.4 Å². The fraction of sp³-hybridized carbons (Fsp3) is 0.130. The molecule has 2 aromatic carbocycles. The first-order chi connectivity index (χ1) is 16.5. The van der Waals surface area contributed by atoms with Gasteiger partial charge >= 0.3 is 5.97 Å². The Morgan fingerprint density at radius 2 is 2.03 bits per heavy atom. The molecule has 11 heteroatoms. The number of carbonyl (C=O) groups is 2. The van der Waals surface area contributed by atoms with Crippen LogP contribution in [-0.2, 0) is 4.74 Å². The lowest BCUT2D eigenvalue weighted by Gasteiger charge is -2.10. The molecule has 9 nitrogen and oxygen atoms in total. The largest absolute Gasteiger partial charge is 0.461 e. The maximum Gasteiger partial charge on any atom is 0.359 e. The van der Waals surface area contributed by atoms with Crippen LogP contribution in [0.3, 0.4) is 0 Å². The molecule has 172 valence electrons. The van der Waals surface area contributed by atoms with Crippen molar-refractivity contribution in [1.29, 1.82) is 0 Å². The minimum absolute atomic E-state index is 0.0451. The zero-order valence-corrected chi connectivity index (χ0v) is 19.2. The van der Waals surface area contributed by atoms with Crippen LogP contribution in [0.4, 0.5) is 5.00 Å². The van der Waals surface area contributed by atoms with E-state index in [1.807, 2.05) is 0 Å². The summed E-state index contributed by atoms with van der Waals surface area (Å²) in [5.41, 5.74) is 0.119. The van der Waals surface area contributed by atoms with E-state index in [9.17, 15) is 14.4 Å². The lowest BCUT2D eigenvalue weighted by molar-refractivity contribution is 0.0520. The number of nitrogens with one attached hydrogen (secondary N) is 1. The number of esters is 1. The predicted molar refractivity (Wildman–Crippen MR) is 127 cm³/mol. The quantitative estimate of drug-likeness (QED) is 0.410. The second-order valence-electron chi connectivity index (χ2n) is 7.14. The molecule has 1 N–H and O–H groups in total. The van der Waals surface area contributed by atoms with Crippen LogP contribution < -0.4 is 20.3 Å². The summed E-state index contributed by atoms with van der Waals surface area (Å²) < 4.78 is 16.8. The predicted octanol–water partition coefficient (Wildman–Crippen LogP) is 4.26. The van der Waals surface area contributed by atoms with Gasteiger partial charge in [-0.2, -0.15) is 9.78 Å². The minimum Gasteiger partial charge on any atom is -0.461 e. The summed E-state index contributed by atoms with van der Waals surface area (Å²) in [7, 11) is 0. The Kier molecular flexibility index (Phi) is 5.68. The SMILES string of the molecule is CCOC(=O)c1nn(-c2cccc(Cl)c2)c(=O)c2c(NC(=O)c3ccc4c(c3)OCO4)scc12. The highest BCUT2D eigenvalue weighted by Crippen LogP contribution is 2.34. The van der Waals surface area contributed by atoms with Crippen LogP contribution in [0, 0.1) is 0 Å². The van der Waals surface area contributed by atoms with Gasteiger partial charge in [-0.3, -0.25) is 9.59 Å². The van der Waals surface area contributed by atoms with Crippen molar-refractivity contribution in [3.8, 4) is 17.2 Å². The van der Waals surface area contributed by atoms with E-state index >= 15 is 0 Å². The number of fused-ring (bicyclic) bond motifs is 2. The number of rotatable bonds is 5. The summed E-state index contributed by atoms with van der Waals surface area (Å²) in [6, 6.07) is 11.3. The fourth-order valence-corrected chi connectivity index (χ4v) is 4.60. The maximum absolute atomic E-state index is 13.5. The van der Waals surface area contributed by atoms with Crippen molar-refractivity contribution in [1.82, 2.24) is 9.78 Å². The third kappa shape index (κ3) is 3.87. The molecule has 0 fully saturated rings. The van der Waals surface area contributed by atoms with Gasteiger partial charge in [-0.1, -0.05) is 17.7 Å². The number of halogens is 1. The highest BCUT2D eigenvalue weighted by molar-refractivity contribution is 7.16. The number of ether oxygens (including phenoxy) is 3. The van der Waals surface area contributed by atoms with E-state index in [0.717, 1.165) is 16.0 Å². The summed E-state index contributed by atoms with van der Waals surface area (Å²) in [6.45, 7) is 1.89. The first-order valence-corrected chi connectivity index (χ1v) is 11.4. The van der Waals surface area contributed by atoms with E-state index in [1.54, 1.807) is 54.8 Å². The number of anilines is 1. The Morgan fingerprint density at radius 3 is 2.82 bits per heavy atom. The van der Waals surface area contributed by atoms with Crippen LogP contribution in [0.25, 0.3) is 16.5 Å². The lowest BCUT2D eigenvalue weighted by atomic mass is 10.2. The topological polar surface area (TPSA) is 109 Å². The molecule has 0 atom stereocenters. The number of hydrogen-bond acceptors (Lipinski definition) is 8. The molecule has 0 radical (unpaired) electrons. The molecule has 0 saturated heterocycles. The van der Waals surface area contributed by atoms with Gasteiger partial charge < -0.3 is 19.5 Å². The van der Waals surface area contributed by atoms with Crippen molar-refractivity contribution in [2.24, 2.45) is 0 Å². The van der Waals surface area contributed by atoms with Gasteiger partial charge in [0.05, 0.1) is 17.7 Å². The van der Waals surface area contributed by atoms with Crippen molar-refractivity contribution in [2.45, 2.75) is 6.92 Å². The molecule has 4 aromatic rings. The van der Waals surface area contributed by atoms with Crippen LogP contribution in [0.15, 0.2) is 52.6 Å². The maximum atomic E-state index is 13.5. The highest BCUT2D eigenvalue weighted by Gasteiger charge is 2.24. The van der Waals surface area contributed by atoms with Gasteiger partial charge in [0.1, 0.15) is 5.00 Å². The highest BCUT2D eigenvalue weighted by atomic mass is 35.5. The Morgan fingerprint density at radius 1 is 1.21 bits per heavy atom. The van der Waals surface area contributed by atoms with E-state index in [1.165, 1.54) is 0 Å². The normalized spacial score (nSPS) is 12.1. The molecule has 1 amide bonds. The van der Waals surface area contributed by atoms with Crippen LogP contribution in [-0.4, -0.2) is 35.1 Å². The molecular formula is C23H16ClN3O6S. The Labute approximate surface area is 201 Å². The Balaban J connectivity index is 1.62. The zero-order valence-electron chi connectivity index (χ0n) is 17.7. The van der Waals surface area contributed by atoms with E-state index in [2.05, 4.69) is 10.4 Å². The van der Waals surface area contributed by atoms with E-state index in [0.29, 0.717) is 27.8 Å². The number of amides is 1. The second kappa shape index (κ2) is 8.81. The standard InChI is InChI=1S/C23H16ClN3O6S/c1-2-31-23(30)19-15-10-34-21(25-20(28)12-6-7-16-17(8-12)33-11-32-16)18(15)22(29)27(26-19)14-5-3-4-13(24)9-14/h3-10H,2,11H2,1H3,(H,25,28). The van der Waals surface area contributed by atoms with Crippen molar-refractivity contribution >= 4 is 50.6 Å². The second-order valence-corrected chi connectivity index (χ2v) is 8.46. The van der Waals surface area contributed by atoms with Gasteiger partial charge in [0.2, 0.25) is 6.79 Å². The van der Waals surface area contributed by atoms with Crippen LogP contribution >= 0.6 is 22.9 Å². The zero-order chi connectivity index (χ0) is 23.8. The summed E-state index contributed by atoms with van der Waals surface area (Å²) >= 11 is 7.20. The molecule has 0 aliphatic carbocycles.